The molecule has 3 heteroatoms. The zero-order valence-electron chi connectivity index (χ0n) is 8.06. The van der Waals surface area contributed by atoms with E-state index >= 15 is 0 Å². The van der Waals surface area contributed by atoms with Crippen LogP contribution in [0.1, 0.15) is 11.1 Å². The second-order valence-electron chi connectivity index (χ2n) is 3.82. The predicted molar refractivity (Wildman–Crippen MR) is 53.6 cm³/mol. The monoisotopic (exact) mass is 193 g/mol. The zero-order chi connectivity index (χ0) is 9.97. The van der Waals surface area contributed by atoms with E-state index in [4.69, 9.17) is 10.2 Å². The Labute approximate surface area is 83.6 Å². The molecule has 0 radical (unpaired) electrons. The molecule has 1 heterocycles. The highest BCUT2D eigenvalue weighted by atomic mass is 16.3. The van der Waals surface area contributed by atoms with Crippen LogP contribution < -0.4 is 0 Å². The van der Waals surface area contributed by atoms with Crippen molar-refractivity contribution >= 4 is 0 Å². The van der Waals surface area contributed by atoms with E-state index < -0.39 is 0 Å². The van der Waals surface area contributed by atoms with Gasteiger partial charge in [0.15, 0.2) is 0 Å². The third kappa shape index (κ3) is 2.12. The van der Waals surface area contributed by atoms with Gasteiger partial charge in [0.2, 0.25) is 0 Å². The Kier molecular flexibility index (Phi) is 2.82. The van der Waals surface area contributed by atoms with Gasteiger partial charge in [-0.25, -0.2) is 0 Å². The molecular formula is C11H15NO2. The Balaban J connectivity index is 1.90. The highest BCUT2D eigenvalue weighted by Gasteiger charge is 2.23. The summed E-state index contributed by atoms with van der Waals surface area (Å²) < 4.78 is 0. The molecule has 0 spiro atoms. The smallest absolute Gasteiger partial charge is 0.0794 e. The largest absolute Gasteiger partial charge is 0.392 e. The number of aliphatic hydroxyl groups excluding tert-OH is 2. The summed E-state index contributed by atoms with van der Waals surface area (Å²) in [5.74, 6) is 0. The number of β-amino-alcohol motifs (C(OH)–C–C–N with tert-alkyl or cyclic N) is 1. The molecule has 2 N–H and O–H groups in total. The van der Waals surface area contributed by atoms with Gasteiger partial charge in [-0.1, -0.05) is 24.3 Å². The van der Waals surface area contributed by atoms with Gasteiger partial charge in [-0.2, -0.15) is 0 Å². The van der Waals surface area contributed by atoms with Crippen molar-refractivity contribution in [1.29, 1.82) is 0 Å². The van der Waals surface area contributed by atoms with E-state index in [1.165, 1.54) is 5.56 Å². The first-order chi connectivity index (χ1) is 6.78. The van der Waals surface area contributed by atoms with Crippen molar-refractivity contribution in [2.45, 2.75) is 19.3 Å². The van der Waals surface area contributed by atoms with Crippen LogP contribution in [0, 0.1) is 0 Å². The third-order valence-electron chi connectivity index (χ3n) is 2.55. The minimum absolute atomic E-state index is 0.0999. The van der Waals surface area contributed by atoms with E-state index in [9.17, 15) is 0 Å². The van der Waals surface area contributed by atoms with Crippen LogP contribution in [0.15, 0.2) is 24.3 Å². The van der Waals surface area contributed by atoms with Crippen molar-refractivity contribution in [3.05, 3.63) is 35.4 Å². The summed E-state index contributed by atoms with van der Waals surface area (Å²) in [6.45, 7) is 2.55. The fraction of sp³-hybridized carbons (Fsp3) is 0.455. The first kappa shape index (κ1) is 9.65. The lowest BCUT2D eigenvalue weighted by molar-refractivity contribution is -0.00286. The fourth-order valence-corrected chi connectivity index (χ4v) is 1.68. The molecule has 0 aromatic heterocycles. The van der Waals surface area contributed by atoms with Crippen molar-refractivity contribution in [2.75, 3.05) is 13.1 Å². The van der Waals surface area contributed by atoms with Gasteiger partial charge < -0.3 is 10.2 Å². The van der Waals surface area contributed by atoms with Gasteiger partial charge in [0.1, 0.15) is 0 Å². The van der Waals surface area contributed by atoms with E-state index in [0.717, 1.165) is 25.2 Å². The van der Waals surface area contributed by atoms with Crippen molar-refractivity contribution in [2.24, 2.45) is 0 Å². The van der Waals surface area contributed by atoms with Gasteiger partial charge in [0, 0.05) is 19.6 Å². The van der Waals surface area contributed by atoms with Crippen molar-refractivity contribution in [1.82, 2.24) is 4.90 Å². The van der Waals surface area contributed by atoms with Gasteiger partial charge in [-0.3, -0.25) is 4.90 Å². The standard InChI is InChI=1S/C11H15NO2/c13-8-10-3-1-9(2-4-10)5-12-6-11(14)7-12/h1-4,11,13-14H,5-8H2. The number of hydrogen-bond donors (Lipinski definition) is 2. The molecule has 0 unspecified atom stereocenters. The van der Waals surface area contributed by atoms with Crippen LogP contribution in [-0.2, 0) is 13.2 Å². The zero-order valence-corrected chi connectivity index (χ0v) is 8.06. The molecule has 1 fully saturated rings. The summed E-state index contributed by atoms with van der Waals surface area (Å²) in [5, 5.41) is 18.0. The Morgan fingerprint density at radius 1 is 1.14 bits per heavy atom. The van der Waals surface area contributed by atoms with Crippen molar-refractivity contribution in [3.63, 3.8) is 0 Å². The van der Waals surface area contributed by atoms with Gasteiger partial charge in [-0.15, -0.1) is 0 Å². The Bertz CT molecular complexity index is 291. The highest BCUT2D eigenvalue weighted by Crippen LogP contribution is 2.13. The lowest BCUT2D eigenvalue weighted by Gasteiger charge is -2.35. The number of likely N-dealkylation sites (tertiary alicyclic amines) is 1. The first-order valence-electron chi connectivity index (χ1n) is 4.87. The summed E-state index contributed by atoms with van der Waals surface area (Å²) in [6, 6.07) is 7.92. The molecule has 0 bridgehead atoms. The number of rotatable bonds is 3. The maximum Gasteiger partial charge on any atom is 0.0794 e. The van der Waals surface area contributed by atoms with E-state index in [1.54, 1.807) is 0 Å². The van der Waals surface area contributed by atoms with Crippen molar-refractivity contribution < 1.29 is 10.2 Å². The minimum atomic E-state index is -0.133. The van der Waals surface area contributed by atoms with E-state index in [2.05, 4.69) is 4.90 Å². The molecule has 0 amide bonds. The molecule has 2 rings (SSSR count). The van der Waals surface area contributed by atoms with Gasteiger partial charge in [0.25, 0.3) is 0 Å². The fourth-order valence-electron chi connectivity index (χ4n) is 1.68. The molecule has 1 aromatic carbocycles. The second-order valence-corrected chi connectivity index (χ2v) is 3.82. The van der Waals surface area contributed by atoms with Crippen LogP contribution in [0.4, 0.5) is 0 Å². The van der Waals surface area contributed by atoms with E-state index in [-0.39, 0.29) is 12.7 Å². The molecule has 0 aliphatic carbocycles. The summed E-state index contributed by atoms with van der Waals surface area (Å²) in [6.07, 6.45) is -0.133. The molecule has 76 valence electrons. The summed E-state index contributed by atoms with van der Waals surface area (Å²) >= 11 is 0. The Morgan fingerprint density at radius 3 is 2.21 bits per heavy atom. The normalized spacial score (nSPS) is 18.1. The van der Waals surface area contributed by atoms with Gasteiger partial charge in [-0.05, 0) is 11.1 Å². The van der Waals surface area contributed by atoms with Crippen LogP contribution >= 0.6 is 0 Å². The minimum Gasteiger partial charge on any atom is -0.392 e. The molecule has 1 aliphatic rings. The Hall–Kier alpha value is -0.900. The molecular weight excluding hydrogens is 178 g/mol. The molecule has 1 saturated heterocycles. The second kappa shape index (κ2) is 4.09. The number of hydrogen-bond acceptors (Lipinski definition) is 3. The van der Waals surface area contributed by atoms with E-state index in [1.807, 2.05) is 24.3 Å². The summed E-state index contributed by atoms with van der Waals surface area (Å²) in [7, 11) is 0. The SMILES string of the molecule is OCc1ccc(CN2CC(O)C2)cc1. The predicted octanol–water partition coefficient (Wildman–Crippen LogP) is 0.355. The summed E-state index contributed by atoms with van der Waals surface area (Å²) in [4.78, 5) is 2.19. The molecule has 14 heavy (non-hydrogen) atoms. The highest BCUT2D eigenvalue weighted by molar-refractivity contribution is 5.22. The first-order valence-corrected chi connectivity index (χ1v) is 4.87. The van der Waals surface area contributed by atoms with Crippen molar-refractivity contribution in [3.8, 4) is 0 Å². The van der Waals surface area contributed by atoms with Crippen LogP contribution in [-0.4, -0.2) is 34.3 Å². The van der Waals surface area contributed by atoms with Crippen LogP contribution in [0.2, 0.25) is 0 Å². The Morgan fingerprint density at radius 2 is 1.71 bits per heavy atom. The maximum absolute atomic E-state index is 9.10. The topological polar surface area (TPSA) is 43.7 Å². The summed E-state index contributed by atoms with van der Waals surface area (Å²) in [5.41, 5.74) is 2.17. The quantitative estimate of drug-likeness (QED) is 0.728. The lowest BCUT2D eigenvalue weighted by atomic mass is 10.1. The molecule has 0 saturated carbocycles. The number of aliphatic hydroxyl groups is 2. The average Bonchev–Trinajstić information content (AvgIpc) is 2.17. The molecule has 1 aliphatic heterocycles. The third-order valence-corrected chi connectivity index (χ3v) is 2.55. The molecule has 0 atom stereocenters. The number of nitrogens with zero attached hydrogens (tertiary/aromatic N) is 1. The lowest BCUT2D eigenvalue weighted by Crippen LogP contribution is -2.49. The molecule has 3 nitrogen and oxygen atoms in total. The van der Waals surface area contributed by atoms with Gasteiger partial charge in [0.05, 0.1) is 12.7 Å². The average molecular weight is 193 g/mol. The van der Waals surface area contributed by atoms with Crippen LogP contribution in [0.5, 0.6) is 0 Å². The number of benzene rings is 1. The van der Waals surface area contributed by atoms with E-state index in [0.29, 0.717) is 0 Å². The maximum atomic E-state index is 9.10. The molecule has 1 aromatic rings. The van der Waals surface area contributed by atoms with Crippen LogP contribution in [0.25, 0.3) is 0 Å². The van der Waals surface area contributed by atoms with Gasteiger partial charge >= 0.3 is 0 Å². The van der Waals surface area contributed by atoms with Crippen LogP contribution in [0.3, 0.4) is 0 Å².